The van der Waals surface area contributed by atoms with Crippen LogP contribution in [0.4, 0.5) is 5.95 Å². The predicted octanol–water partition coefficient (Wildman–Crippen LogP) is 1.49. The molecule has 0 aliphatic rings. The lowest BCUT2D eigenvalue weighted by Crippen LogP contribution is -2.34. The molecule has 0 saturated heterocycles. The van der Waals surface area contributed by atoms with Crippen LogP contribution in [0.3, 0.4) is 0 Å². The molecule has 2 aromatic rings. The van der Waals surface area contributed by atoms with Crippen molar-refractivity contribution in [3.05, 3.63) is 34.8 Å². The quantitative estimate of drug-likeness (QED) is 0.844. The van der Waals surface area contributed by atoms with Gasteiger partial charge in [-0.15, -0.1) is 0 Å². The van der Waals surface area contributed by atoms with Crippen molar-refractivity contribution >= 4 is 27.3 Å². The highest BCUT2D eigenvalue weighted by Gasteiger charge is 2.18. The molecule has 0 saturated carbocycles. The summed E-state index contributed by atoms with van der Waals surface area (Å²) >= 11 is 1.60. The third-order valence-corrected chi connectivity index (χ3v) is 4.92. The molecule has 0 bridgehead atoms. The molecular weight excluding hydrogens is 296 g/mol. The topological polar surface area (TPSA) is 84.0 Å². The number of nitrogens with zero attached hydrogens (tertiary/aromatic N) is 2. The van der Waals surface area contributed by atoms with E-state index in [1.807, 2.05) is 23.8 Å². The number of rotatable bonds is 6. The van der Waals surface area contributed by atoms with Crippen LogP contribution >= 0.6 is 11.3 Å². The van der Waals surface area contributed by atoms with Gasteiger partial charge in [-0.1, -0.05) is 0 Å². The van der Waals surface area contributed by atoms with E-state index in [0.29, 0.717) is 12.4 Å². The highest BCUT2D eigenvalue weighted by molar-refractivity contribution is 7.89. The summed E-state index contributed by atoms with van der Waals surface area (Å²) in [5.41, 5.74) is 1.12. The molecule has 2 N–H and O–H groups in total. The second kappa shape index (κ2) is 6.29. The largest absolute Gasteiger partial charge is 0.357 e. The Balaban J connectivity index is 2.05. The summed E-state index contributed by atoms with van der Waals surface area (Å²) in [6, 6.07) is 1.79. The first-order valence-electron chi connectivity index (χ1n) is 6.04. The molecule has 0 aliphatic carbocycles. The SMILES string of the molecule is CNc1ncc(S(=O)(=O)NC(C)Cc2ccsc2)cn1. The van der Waals surface area contributed by atoms with Crippen molar-refractivity contribution in [1.29, 1.82) is 0 Å². The van der Waals surface area contributed by atoms with Gasteiger partial charge >= 0.3 is 0 Å². The summed E-state index contributed by atoms with van der Waals surface area (Å²) in [6.45, 7) is 1.83. The molecule has 0 radical (unpaired) electrons. The van der Waals surface area contributed by atoms with Gasteiger partial charge in [0.25, 0.3) is 0 Å². The minimum absolute atomic E-state index is 0.0636. The van der Waals surface area contributed by atoms with Crippen molar-refractivity contribution in [3.8, 4) is 0 Å². The summed E-state index contributed by atoms with van der Waals surface area (Å²) in [6.07, 6.45) is 3.23. The van der Waals surface area contributed by atoms with Gasteiger partial charge in [0.1, 0.15) is 4.90 Å². The van der Waals surface area contributed by atoms with Gasteiger partial charge in [0.05, 0.1) is 12.4 Å². The van der Waals surface area contributed by atoms with Gasteiger partial charge in [-0.3, -0.25) is 0 Å². The fourth-order valence-corrected chi connectivity index (χ4v) is 3.53. The number of sulfonamides is 1. The van der Waals surface area contributed by atoms with Crippen molar-refractivity contribution in [2.45, 2.75) is 24.3 Å². The molecule has 0 fully saturated rings. The van der Waals surface area contributed by atoms with E-state index in [1.165, 1.54) is 12.4 Å². The molecule has 8 heteroatoms. The maximum absolute atomic E-state index is 12.2. The minimum Gasteiger partial charge on any atom is -0.357 e. The van der Waals surface area contributed by atoms with Gasteiger partial charge in [0, 0.05) is 13.1 Å². The van der Waals surface area contributed by atoms with Crippen molar-refractivity contribution in [2.24, 2.45) is 0 Å². The first-order chi connectivity index (χ1) is 9.51. The first kappa shape index (κ1) is 14.9. The van der Waals surface area contributed by atoms with Crippen LogP contribution in [0, 0.1) is 0 Å². The maximum Gasteiger partial charge on any atom is 0.243 e. The molecule has 0 aromatic carbocycles. The smallest absolute Gasteiger partial charge is 0.243 e. The first-order valence-corrected chi connectivity index (χ1v) is 8.47. The van der Waals surface area contributed by atoms with Crippen LogP contribution in [0.2, 0.25) is 0 Å². The minimum atomic E-state index is -3.59. The second-order valence-corrected chi connectivity index (χ2v) is 6.84. The Morgan fingerprint density at radius 1 is 1.35 bits per heavy atom. The fraction of sp³-hybridized carbons (Fsp3) is 0.333. The lowest BCUT2D eigenvalue weighted by molar-refractivity contribution is 0.559. The van der Waals surface area contributed by atoms with Gasteiger partial charge in [-0.25, -0.2) is 23.1 Å². The normalized spacial score (nSPS) is 13.1. The summed E-state index contributed by atoms with van der Waals surface area (Å²) < 4.78 is 26.9. The molecule has 2 heterocycles. The summed E-state index contributed by atoms with van der Waals surface area (Å²) in [4.78, 5) is 7.88. The van der Waals surface area contributed by atoms with Crippen LogP contribution in [0.1, 0.15) is 12.5 Å². The van der Waals surface area contributed by atoms with E-state index in [-0.39, 0.29) is 10.9 Å². The third-order valence-electron chi connectivity index (χ3n) is 2.64. The van der Waals surface area contributed by atoms with Crippen molar-refractivity contribution in [2.75, 3.05) is 12.4 Å². The van der Waals surface area contributed by atoms with E-state index in [2.05, 4.69) is 20.0 Å². The van der Waals surface area contributed by atoms with E-state index in [0.717, 1.165) is 5.56 Å². The lowest BCUT2D eigenvalue weighted by atomic mass is 10.1. The molecule has 20 heavy (non-hydrogen) atoms. The predicted molar refractivity (Wildman–Crippen MR) is 79.4 cm³/mol. The summed E-state index contributed by atoms with van der Waals surface area (Å²) in [5, 5.41) is 6.72. The fourth-order valence-electron chi connectivity index (χ4n) is 1.72. The zero-order chi connectivity index (χ0) is 14.6. The van der Waals surface area contributed by atoms with E-state index in [1.54, 1.807) is 18.4 Å². The molecule has 2 rings (SSSR count). The van der Waals surface area contributed by atoms with Gasteiger partial charge in [0.15, 0.2) is 0 Å². The zero-order valence-corrected chi connectivity index (χ0v) is 12.8. The molecular formula is C12H16N4O2S2. The number of nitrogens with one attached hydrogen (secondary N) is 2. The van der Waals surface area contributed by atoms with Gasteiger partial charge in [-0.2, -0.15) is 11.3 Å². The van der Waals surface area contributed by atoms with E-state index < -0.39 is 10.0 Å². The van der Waals surface area contributed by atoms with Gasteiger partial charge in [0.2, 0.25) is 16.0 Å². The van der Waals surface area contributed by atoms with E-state index >= 15 is 0 Å². The second-order valence-electron chi connectivity index (χ2n) is 4.35. The molecule has 6 nitrogen and oxygen atoms in total. The Kier molecular flexibility index (Phi) is 4.69. The Morgan fingerprint density at radius 2 is 2.05 bits per heavy atom. The number of thiophene rings is 1. The van der Waals surface area contributed by atoms with Crippen LogP contribution in [-0.4, -0.2) is 31.5 Å². The monoisotopic (exact) mass is 312 g/mol. The van der Waals surface area contributed by atoms with Crippen molar-refractivity contribution in [3.63, 3.8) is 0 Å². The molecule has 0 spiro atoms. The number of aromatic nitrogens is 2. The van der Waals surface area contributed by atoms with E-state index in [9.17, 15) is 8.42 Å². The maximum atomic E-state index is 12.2. The van der Waals surface area contributed by atoms with Crippen LogP contribution in [0.15, 0.2) is 34.1 Å². The number of anilines is 1. The summed E-state index contributed by atoms with van der Waals surface area (Å²) in [5.74, 6) is 0.385. The average Bonchev–Trinajstić information content (AvgIpc) is 2.91. The molecule has 0 amide bonds. The van der Waals surface area contributed by atoms with Crippen LogP contribution < -0.4 is 10.0 Å². The molecule has 0 aliphatic heterocycles. The summed E-state index contributed by atoms with van der Waals surface area (Å²) in [7, 11) is -1.92. The van der Waals surface area contributed by atoms with Crippen LogP contribution in [-0.2, 0) is 16.4 Å². The number of hydrogen-bond donors (Lipinski definition) is 2. The zero-order valence-electron chi connectivity index (χ0n) is 11.2. The Bertz CT molecular complexity index is 639. The highest BCUT2D eigenvalue weighted by atomic mass is 32.2. The van der Waals surface area contributed by atoms with Crippen LogP contribution in [0.25, 0.3) is 0 Å². The number of hydrogen-bond acceptors (Lipinski definition) is 6. The van der Waals surface area contributed by atoms with E-state index in [4.69, 9.17) is 0 Å². The lowest BCUT2D eigenvalue weighted by Gasteiger charge is -2.13. The van der Waals surface area contributed by atoms with Gasteiger partial charge in [-0.05, 0) is 35.7 Å². The third kappa shape index (κ3) is 3.75. The Morgan fingerprint density at radius 3 is 2.60 bits per heavy atom. The Labute approximate surface area is 122 Å². The molecule has 1 unspecified atom stereocenters. The van der Waals surface area contributed by atoms with Crippen molar-refractivity contribution < 1.29 is 8.42 Å². The molecule has 2 aromatic heterocycles. The Hall–Kier alpha value is -1.51. The molecule has 108 valence electrons. The van der Waals surface area contributed by atoms with Crippen molar-refractivity contribution in [1.82, 2.24) is 14.7 Å². The molecule has 1 atom stereocenters. The highest BCUT2D eigenvalue weighted by Crippen LogP contribution is 2.12. The average molecular weight is 312 g/mol. The van der Waals surface area contributed by atoms with Crippen LogP contribution in [0.5, 0.6) is 0 Å². The standard InChI is InChI=1S/C12H16N4O2S2/c1-9(5-10-3-4-19-8-10)16-20(17,18)11-6-14-12(13-2)15-7-11/h3-4,6-9,16H,5H2,1-2H3,(H,13,14,15). The van der Waals surface area contributed by atoms with Gasteiger partial charge < -0.3 is 5.32 Å².